The van der Waals surface area contributed by atoms with Gasteiger partial charge in [0.1, 0.15) is 5.75 Å². The van der Waals surface area contributed by atoms with Crippen molar-refractivity contribution in [1.82, 2.24) is 9.80 Å². The lowest BCUT2D eigenvalue weighted by molar-refractivity contribution is -0.129. The van der Waals surface area contributed by atoms with Crippen molar-refractivity contribution in [3.8, 4) is 5.75 Å². The minimum Gasteiger partial charge on any atom is -0.493 e. The van der Waals surface area contributed by atoms with Gasteiger partial charge in [-0.1, -0.05) is 18.2 Å². The number of likely N-dealkylation sites (tertiary alicyclic amines) is 1. The quantitative estimate of drug-likeness (QED) is 0.883. The Balaban J connectivity index is 1.85. The van der Waals surface area contributed by atoms with Gasteiger partial charge in [-0.05, 0) is 11.6 Å². The van der Waals surface area contributed by atoms with Gasteiger partial charge < -0.3 is 14.7 Å². The van der Waals surface area contributed by atoms with Crippen LogP contribution in [-0.2, 0) is 4.79 Å². The van der Waals surface area contributed by atoms with Gasteiger partial charge in [0.2, 0.25) is 5.91 Å². The van der Waals surface area contributed by atoms with Gasteiger partial charge in [0.05, 0.1) is 19.8 Å². The van der Waals surface area contributed by atoms with E-state index in [4.69, 9.17) is 4.74 Å². The second-order valence-electron chi connectivity index (χ2n) is 6.36. The minimum absolute atomic E-state index is 0.0820. The first kappa shape index (κ1) is 14.4. The summed E-state index contributed by atoms with van der Waals surface area (Å²) < 4.78 is 5.85. The van der Waals surface area contributed by atoms with Crippen molar-refractivity contribution in [3.05, 3.63) is 29.8 Å². The van der Waals surface area contributed by atoms with Gasteiger partial charge in [-0.2, -0.15) is 0 Å². The summed E-state index contributed by atoms with van der Waals surface area (Å²) in [6, 6.07) is 8.02. The number of likely N-dealkylation sites (N-methyl/N-ethyl adjacent to an activating group) is 1. The maximum atomic E-state index is 11.9. The third-order valence-electron chi connectivity index (χ3n) is 4.70. The summed E-state index contributed by atoms with van der Waals surface area (Å²) >= 11 is 0. The molecule has 0 radical (unpaired) electrons. The van der Waals surface area contributed by atoms with E-state index >= 15 is 0 Å². The Hall–Kier alpha value is -1.59. The summed E-state index contributed by atoms with van der Waals surface area (Å²) in [6.45, 7) is 2.48. The van der Waals surface area contributed by atoms with Crippen LogP contribution in [0.2, 0.25) is 0 Å². The van der Waals surface area contributed by atoms with Crippen LogP contribution in [-0.4, -0.2) is 67.8 Å². The molecule has 3 rings (SSSR count). The lowest BCUT2D eigenvalue weighted by atomic mass is 9.74. The normalized spacial score (nSPS) is 27.7. The Labute approximate surface area is 125 Å². The highest BCUT2D eigenvalue weighted by Crippen LogP contribution is 2.49. The topological polar surface area (TPSA) is 53.0 Å². The monoisotopic (exact) mass is 290 g/mol. The van der Waals surface area contributed by atoms with E-state index in [0.29, 0.717) is 19.7 Å². The first-order valence-electron chi connectivity index (χ1n) is 7.31. The van der Waals surface area contributed by atoms with Crippen molar-refractivity contribution in [2.75, 3.05) is 46.9 Å². The van der Waals surface area contributed by atoms with Crippen LogP contribution in [0.25, 0.3) is 0 Å². The summed E-state index contributed by atoms with van der Waals surface area (Å²) in [7, 11) is 3.54. The number of hydrogen-bond acceptors (Lipinski definition) is 4. The van der Waals surface area contributed by atoms with E-state index in [9.17, 15) is 9.90 Å². The average Bonchev–Trinajstić information content (AvgIpc) is 2.86. The van der Waals surface area contributed by atoms with E-state index in [-0.39, 0.29) is 23.8 Å². The molecule has 1 aromatic carbocycles. The number of amides is 1. The van der Waals surface area contributed by atoms with Gasteiger partial charge in [0, 0.05) is 38.5 Å². The molecule has 0 spiro atoms. The highest BCUT2D eigenvalue weighted by molar-refractivity contribution is 5.77. The van der Waals surface area contributed by atoms with E-state index in [1.165, 1.54) is 0 Å². The van der Waals surface area contributed by atoms with Gasteiger partial charge in [-0.15, -0.1) is 0 Å². The van der Waals surface area contributed by atoms with Crippen molar-refractivity contribution < 1.29 is 14.6 Å². The van der Waals surface area contributed by atoms with Crippen molar-refractivity contribution in [2.24, 2.45) is 5.41 Å². The summed E-state index contributed by atoms with van der Waals surface area (Å²) in [5.74, 6) is 1.23. The molecule has 5 nitrogen and oxygen atoms in total. The van der Waals surface area contributed by atoms with Crippen LogP contribution in [0.4, 0.5) is 0 Å². The predicted molar refractivity (Wildman–Crippen MR) is 79.3 cm³/mol. The molecule has 2 heterocycles. The van der Waals surface area contributed by atoms with Crippen LogP contribution in [0.1, 0.15) is 11.5 Å². The minimum atomic E-state index is -0.291. The second-order valence-corrected chi connectivity index (χ2v) is 6.36. The van der Waals surface area contributed by atoms with Crippen molar-refractivity contribution >= 4 is 5.91 Å². The fraction of sp³-hybridized carbons (Fsp3) is 0.562. The van der Waals surface area contributed by atoms with Gasteiger partial charge in [-0.25, -0.2) is 0 Å². The number of ether oxygens (including phenoxy) is 1. The zero-order chi connectivity index (χ0) is 15.0. The lowest BCUT2D eigenvalue weighted by Crippen LogP contribution is -2.43. The number of carbonyl (C=O) groups excluding carboxylic acids is 1. The number of carbonyl (C=O) groups is 1. The first-order chi connectivity index (χ1) is 10.1. The Morgan fingerprint density at radius 1 is 1.48 bits per heavy atom. The van der Waals surface area contributed by atoms with E-state index in [1.807, 2.05) is 18.2 Å². The fourth-order valence-corrected chi connectivity index (χ4v) is 3.43. The fourth-order valence-electron chi connectivity index (χ4n) is 3.43. The molecule has 0 aliphatic carbocycles. The zero-order valence-electron chi connectivity index (χ0n) is 12.6. The zero-order valence-corrected chi connectivity index (χ0v) is 12.6. The van der Waals surface area contributed by atoms with Gasteiger partial charge in [0.15, 0.2) is 0 Å². The molecule has 21 heavy (non-hydrogen) atoms. The second kappa shape index (κ2) is 5.31. The Kier molecular flexibility index (Phi) is 3.63. The predicted octanol–water partition coefficient (Wildman–Crippen LogP) is 0.545. The standard InChI is InChI=1S/C16H22N2O3/c1-17(2)15(20)8-18-7-13-12-5-3-4-6-14(12)21-11-16(13,9-18)10-19/h3-6,13,19H,7-11H2,1-2H3/t13-,16-/m1/s1. The molecule has 1 fully saturated rings. The highest BCUT2D eigenvalue weighted by Gasteiger charge is 2.51. The molecule has 0 unspecified atom stereocenters. The third-order valence-corrected chi connectivity index (χ3v) is 4.70. The van der Waals surface area contributed by atoms with Crippen LogP contribution in [0, 0.1) is 5.41 Å². The Bertz CT molecular complexity index is 546. The summed E-state index contributed by atoms with van der Waals surface area (Å²) in [6.07, 6.45) is 0. The largest absolute Gasteiger partial charge is 0.493 e. The molecule has 1 aromatic rings. The van der Waals surface area contributed by atoms with E-state index in [1.54, 1.807) is 19.0 Å². The average molecular weight is 290 g/mol. The van der Waals surface area contributed by atoms with Crippen LogP contribution < -0.4 is 4.74 Å². The molecule has 1 amide bonds. The summed E-state index contributed by atoms with van der Waals surface area (Å²) in [4.78, 5) is 15.7. The third kappa shape index (κ3) is 2.40. The van der Waals surface area contributed by atoms with Crippen molar-refractivity contribution in [3.63, 3.8) is 0 Å². The molecule has 2 aliphatic heterocycles. The molecule has 1 saturated heterocycles. The first-order valence-corrected chi connectivity index (χ1v) is 7.31. The SMILES string of the molecule is CN(C)C(=O)CN1C[C@@H]2c3ccccc3OC[C@]2(CO)C1. The van der Waals surface area contributed by atoms with E-state index < -0.39 is 0 Å². The molecule has 1 N–H and O–H groups in total. The smallest absolute Gasteiger partial charge is 0.236 e. The number of nitrogens with zero attached hydrogens (tertiary/aromatic N) is 2. The van der Waals surface area contributed by atoms with Crippen LogP contribution in [0.15, 0.2) is 24.3 Å². The van der Waals surface area contributed by atoms with E-state index in [2.05, 4.69) is 11.0 Å². The van der Waals surface area contributed by atoms with Gasteiger partial charge in [0.25, 0.3) is 0 Å². The number of aliphatic hydroxyl groups is 1. The molecular weight excluding hydrogens is 268 g/mol. The Morgan fingerprint density at radius 3 is 2.95 bits per heavy atom. The van der Waals surface area contributed by atoms with Crippen molar-refractivity contribution in [1.29, 1.82) is 0 Å². The Morgan fingerprint density at radius 2 is 2.24 bits per heavy atom. The molecule has 5 heteroatoms. The number of benzene rings is 1. The maximum Gasteiger partial charge on any atom is 0.236 e. The number of aliphatic hydroxyl groups excluding tert-OH is 1. The molecule has 0 bridgehead atoms. The summed E-state index contributed by atoms with van der Waals surface area (Å²) in [5, 5.41) is 9.94. The van der Waals surface area contributed by atoms with Crippen LogP contribution >= 0.6 is 0 Å². The molecule has 0 aromatic heterocycles. The van der Waals surface area contributed by atoms with Gasteiger partial charge >= 0.3 is 0 Å². The van der Waals surface area contributed by atoms with Crippen LogP contribution in [0.3, 0.4) is 0 Å². The maximum absolute atomic E-state index is 11.9. The molecule has 2 atom stereocenters. The van der Waals surface area contributed by atoms with Crippen molar-refractivity contribution in [2.45, 2.75) is 5.92 Å². The number of rotatable bonds is 3. The van der Waals surface area contributed by atoms with Crippen LogP contribution in [0.5, 0.6) is 5.75 Å². The highest BCUT2D eigenvalue weighted by atomic mass is 16.5. The number of para-hydroxylation sites is 1. The molecule has 0 saturated carbocycles. The van der Waals surface area contributed by atoms with E-state index in [0.717, 1.165) is 17.9 Å². The molecular formula is C16H22N2O3. The summed E-state index contributed by atoms with van der Waals surface area (Å²) in [5.41, 5.74) is 0.860. The van der Waals surface area contributed by atoms with Gasteiger partial charge in [-0.3, -0.25) is 9.69 Å². The lowest BCUT2D eigenvalue weighted by Gasteiger charge is -2.38. The number of hydrogen-bond donors (Lipinski definition) is 1. The molecule has 114 valence electrons. The molecule has 2 aliphatic rings. The number of fused-ring (bicyclic) bond motifs is 3.